The van der Waals surface area contributed by atoms with Crippen molar-refractivity contribution in [1.82, 2.24) is 5.32 Å². The standard InChI is InChI=1S/C21H22N2O4S/c1-13(2)27-16-8-6-15(7-9-16)12-22-21(25)19-14(3)11-18(28-19)23-20(24)17-5-4-10-26-17/h4-11,13H,12H2,1-3H3,(H,22,25)(H,23,24). The second-order valence-corrected chi connectivity index (χ2v) is 7.60. The van der Waals surface area contributed by atoms with E-state index in [0.29, 0.717) is 16.4 Å². The molecule has 1 aromatic carbocycles. The van der Waals surface area contributed by atoms with Gasteiger partial charge in [-0.3, -0.25) is 9.59 Å². The Hall–Kier alpha value is -3.06. The number of carbonyl (C=O) groups is 2. The van der Waals surface area contributed by atoms with Crippen molar-refractivity contribution < 1.29 is 18.7 Å². The largest absolute Gasteiger partial charge is 0.491 e. The summed E-state index contributed by atoms with van der Waals surface area (Å²) in [4.78, 5) is 25.1. The van der Waals surface area contributed by atoms with Gasteiger partial charge in [0.2, 0.25) is 0 Å². The fraction of sp³-hybridized carbons (Fsp3) is 0.238. The Kier molecular flexibility index (Phi) is 6.16. The van der Waals surface area contributed by atoms with Crippen LogP contribution in [0.3, 0.4) is 0 Å². The van der Waals surface area contributed by atoms with Crippen LogP contribution in [0.4, 0.5) is 5.00 Å². The number of hydrogen-bond acceptors (Lipinski definition) is 5. The molecule has 3 rings (SSSR count). The summed E-state index contributed by atoms with van der Waals surface area (Å²) in [6.45, 7) is 6.20. The van der Waals surface area contributed by atoms with Crippen molar-refractivity contribution in [1.29, 1.82) is 0 Å². The van der Waals surface area contributed by atoms with E-state index in [1.165, 1.54) is 17.6 Å². The Morgan fingerprint density at radius 1 is 1.14 bits per heavy atom. The van der Waals surface area contributed by atoms with Crippen LogP contribution in [-0.2, 0) is 6.54 Å². The number of benzene rings is 1. The van der Waals surface area contributed by atoms with Gasteiger partial charge in [-0.05, 0) is 62.2 Å². The molecule has 146 valence electrons. The molecule has 0 atom stereocenters. The lowest BCUT2D eigenvalue weighted by atomic mass is 10.2. The molecule has 0 saturated carbocycles. The highest BCUT2D eigenvalue weighted by atomic mass is 32.1. The minimum Gasteiger partial charge on any atom is -0.491 e. The Balaban J connectivity index is 1.58. The third-order valence-electron chi connectivity index (χ3n) is 3.85. The Morgan fingerprint density at radius 2 is 1.89 bits per heavy atom. The predicted molar refractivity (Wildman–Crippen MR) is 109 cm³/mol. The fourth-order valence-corrected chi connectivity index (χ4v) is 3.56. The second kappa shape index (κ2) is 8.75. The highest BCUT2D eigenvalue weighted by Crippen LogP contribution is 2.27. The zero-order valence-electron chi connectivity index (χ0n) is 15.9. The molecule has 0 aliphatic heterocycles. The third-order valence-corrected chi connectivity index (χ3v) is 5.01. The van der Waals surface area contributed by atoms with Gasteiger partial charge < -0.3 is 19.8 Å². The maximum atomic E-state index is 12.5. The molecule has 0 spiro atoms. The first-order valence-corrected chi connectivity index (χ1v) is 9.73. The molecular formula is C21H22N2O4S. The van der Waals surface area contributed by atoms with Gasteiger partial charge in [0.05, 0.1) is 22.2 Å². The number of thiophene rings is 1. The maximum Gasteiger partial charge on any atom is 0.291 e. The Bertz CT molecular complexity index is 943. The Labute approximate surface area is 167 Å². The van der Waals surface area contributed by atoms with E-state index < -0.39 is 0 Å². The average molecular weight is 398 g/mol. The highest BCUT2D eigenvalue weighted by Gasteiger charge is 2.16. The second-order valence-electron chi connectivity index (χ2n) is 6.55. The molecule has 6 nitrogen and oxygen atoms in total. The first-order valence-electron chi connectivity index (χ1n) is 8.91. The molecular weight excluding hydrogens is 376 g/mol. The number of anilines is 1. The number of nitrogens with one attached hydrogen (secondary N) is 2. The van der Waals surface area contributed by atoms with Gasteiger partial charge in [-0.2, -0.15) is 0 Å². The number of ether oxygens (including phenoxy) is 1. The van der Waals surface area contributed by atoms with Crippen LogP contribution in [0, 0.1) is 6.92 Å². The molecule has 2 N–H and O–H groups in total. The van der Waals surface area contributed by atoms with Crippen LogP contribution in [0.1, 0.15) is 45.2 Å². The molecule has 0 unspecified atom stereocenters. The van der Waals surface area contributed by atoms with Crippen molar-refractivity contribution in [2.75, 3.05) is 5.32 Å². The van der Waals surface area contributed by atoms with Crippen molar-refractivity contribution in [3.8, 4) is 5.75 Å². The van der Waals surface area contributed by atoms with Gasteiger partial charge in [0.25, 0.3) is 11.8 Å². The molecule has 0 aliphatic carbocycles. The third kappa shape index (κ3) is 5.01. The molecule has 0 saturated heterocycles. The summed E-state index contributed by atoms with van der Waals surface area (Å²) in [7, 11) is 0. The van der Waals surface area contributed by atoms with E-state index in [-0.39, 0.29) is 23.7 Å². The molecule has 0 fully saturated rings. The van der Waals surface area contributed by atoms with Crippen LogP contribution >= 0.6 is 11.3 Å². The summed E-state index contributed by atoms with van der Waals surface area (Å²) in [5.74, 6) is 0.503. The van der Waals surface area contributed by atoms with Crippen LogP contribution in [0.2, 0.25) is 0 Å². The number of aryl methyl sites for hydroxylation is 1. The summed E-state index contributed by atoms with van der Waals surface area (Å²) >= 11 is 1.23. The molecule has 7 heteroatoms. The van der Waals surface area contributed by atoms with Crippen LogP contribution < -0.4 is 15.4 Å². The van der Waals surface area contributed by atoms with Gasteiger partial charge in [0.15, 0.2) is 5.76 Å². The minimum atomic E-state index is -0.345. The van der Waals surface area contributed by atoms with Crippen molar-refractivity contribution >= 4 is 28.2 Å². The molecule has 2 heterocycles. The van der Waals surface area contributed by atoms with E-state index in [2.05, 4.69) is 10.6 Å². The number of rotatable bonds is 7. The first kappa shape index (κ1) is 19.7. The highest BCUT2D eigenvalue weighted by molar-refractivity contribution is 7.18. The van der Waals surface area contributed by atoms with Crippen molar-refractivity contribution in [3.05, 3.63) is 70.5 Å². The molecule has 2 aromatic heterocycles. The first-order chi connectivity index (χ1) is 13.4. The van der Waals surface area contributed by atoms with Crippen LogP contribution in [-0.4, -0.2) is 17.9 Å². The van der Waals surface area contributed by atoms with Crippen molar-refractivity contribution in [2.45, 2.75) is 33.4 Å². The lowest BCUT2D eigenvalue weighted by Gasteiger charge is -2.10. The topological polar surface area (TPSA) is 80.6 Å². The number of carbonyl (C=O) groups excluding carboxylic acids is 2. The monoisotopic (exact) mass is 398 g/mol. The number of furan rings is 1. The quantitative estimate of drug-likeness (QED) is 0.609. The summed E-state index contributed by atoms with van der Waals surface area (Å²) in [5.41, 5.74) is 1.78. The summed E-state index contributed by atoms with van der Waals surface area (Å²) < 4.78 is 10.7. The summed E-state index contributed by atoms with van der Waals surface area (Å²) in [5, 5.41) is 6.25. The molecule has 0 bridgehead atoms. The van der Waals surface area contributed by atoms with E-state index in [1.807, 2.05) is 45.0 Å². The van der Waals surface area contributed by atoms with Crippen LogP contribution in [0.5, 0.6) is 5.75 Å². The van der Waals surface area contributed by atoms with Gasteiger partial charge in [0.1, 0.15) is 5.75 Å². The van der Waals surface area contributed by atoms with Gasteiger partial charge in [-0.25, -0.2) is 0 Å². The molecule has 28 heavy (non-hydrogen) atoms. The van der Waals surface area contributed by atoms with E-state index in [0.717, 1.165) is 16.9 Å². The molecule has 3 aromatic rings. The van der Waals surface area contributed by atoms with E-state index in [9.17, 15) is 9.59 Å². The molecule has 0 aliphatic rings. The predicted octanol–water partition coefficient (Wildman–Crippen LogP) is 4.62. The maximum absolute atomic E-state index is 12.5. The van der Waals surface area contributed by atoms with E-state index in [1.54, 1.807) is 18.2 Å². The average Bonchev–Trinajstić information content (AvgIpc) is 3.30. The SMILES string of the molecule is Cc1cc(NC(=O)c2ccco2)sc1C(=O)NCc1ccc(OC(C)C)cc1. The normalized spacial score (nSPS) is 10.7. The number of hydrogen-bond donors (Lipinski definition) is 2. The lowest BCUT2D eigenvalue weighted by molar-refractivity contribution is 0.0953. The smallest absolute Gasteiger partial charge is 0.291 e. The van der Waals surface area contributed by atoms with Gasteiger partial charge in [-0.1, -0.05) is 12.1 Å². The fourth-order valence-electron chi connectivity index (χ4n) is 2.57. The van der Waals surface area contributed by atoms with Gasteiger partial charge >= 0.3 is 0 Å². The van der Waals surface area contributed by atoms with Crippen molar-refractivity contribution in [2.24, 2.45) is 0 Å². The van der Waals surface area contributed by atoms with Gasteiger partial charge in [-0.15, -0.1) is 11.3 Å². The summed E-state index contributed by atoms with van der Waals surface area (Å²) in [6.07, 6.45) is 1.56. The molecule has 0 radical (unpaired) electrons. The summed E-state index contributed by atoms with van der Waals surface area (Å²) in [6, 6.07) is 12.6. The van der Waals surface area contributed by atoms with E-state index >= 15 is 0 Å². The van der Waals surface area contributed by atoms with E-state index in [4.69, 9.17) is 9.15 Å². The van der Waals surface area contributed by atoms with Gasteiger partial charge in [0, 0.05) is 6.54 Å². The zero-order chi connectivity index (χ0) is 20.1. The molecule has 2 amide bonds. The van der Waals surface area contributed by atoms with Crippen molar-refractivity contribution in [3.63, 3.8) is 0 Å². The lowest BCUT2D eigenvalue weighted by Crippen LogP contribution is -2.22. The Morgan fingerprint density at radius 3 is 2.54 bits per heavy atom. The zero-order valence-corrected chi connectivity index (χ0v) is 16.8. The van der Waals surface area contributed by atoms with Crippen LogP contribution in [0.25, 0.3) is 0 Å². The minimum absolute atomic E-state index is 0.120. The van der Waals surface area contributed by atoms with Crippen LogP contribution in [0.15, 0.2) is 53.1 Å². The number of amides is 2.